The van der Waals surface area contributed by atoms with Crippen LogP contribution < -0.4 is 10.1 Å². The Morgan fingerprint density at radius 3 is 2.83 bits per heavy atom. The van der Waals surface area contributed by atoms with Crippen molar-refractivity contribution in [1.29, 1.82) is 0 Å². The highest BCUT2D eigenvalue weighted by molar-refractivity contribution is 5.77. The van der Waals surface area contributed by atoms with E-state index in [9.17, 15) is 4.79 Å². The van der Waals surface area contributed by atoms with Crippen LogP contribution in [-0.2, 0) is 11.3 Å². The predicted molar refractivity (Wildman–Crippen MR) is 93.9 cm³/mol. The number of carbonyl (C=O) groups is 1. The Labute approximate surface area is 143 Å². The number of hydrogen-bond acceptors (Lipinski definition) is 3. The van der Waals surface area contributed by atoms with Gasteiger partial charge in [-0.3, -0.25) is 9.78 Å². The summed E-state index contributed by atoms with van der Waals surface area (Å²) in [7, 11) is 1.69. The van der Waals surface area contributed by atoms with Crippen LogP contribution >= 0.6 is 0 Å². The molecule has 1 aromatic carbocycles. The first-order valence-corrected chi connectivity index (χ1v) is 8.47. The maximum atomic E-state index is 12.4. The third-order valence-corrected chi connectivity index (χ3v) is 4.66. The fourth-order valence-corrected chi connectivity index (χ4v) is 3.16. The molecule has 0 radical (unpaired) electrons. The van der Waals surface area contributed by atoms with Crippen LogP contribution in [0.2, 0.25) is 0 Å². The number of pyridine rings is 1. The number of benzene rings is 1. The Bertz CT molecular complexity index is 696. The summed E-state index contributed by atoms with van der Waals surface area (Å²) in [5.74, 6) is 1.92. The van der Waals surface area contributed by atoms with Crippen molar-refractivity contribution in [3.05, 3.63) is 59.4 Å². The molecule has 0 aliphatic heterocycles. The van der Waals surface area contributed by atoms with Gasteiger partial charge in [0.1, 0.15) is 5.75 Å². The molecule has 4 nitrogen and oxygen atoms in total. The minimum Gasteiger partial charge on any atom is -0.496 e. The van der Waals surface area contributed by atoms with Crippen LogP contribution in [0.25, 0.3) is 0 Å². The van der Waals surface area contributed by atoms with Crippen LogP contribution in [0, 0.1) is 12.8 Å². The largest absolute Gasteiger partial charge is 0.496 e. The number of amides is 1. The van der Waals surface area contributed by atoms with Gasteiger partial charge in [-0.05, 0) is 60.4 Å². The Hall–Kier alpha value is -2.36. The second-order valence-corrected chi connectivity index (χ2v) is 6.52. The van der Waals surface area contributed by atoms with Gasteiger partial charge >= 0.3 is 0 Å². The third-order valence-electron chi connectivity index (χ3n) is 4.66. The van der Waals surface area contributed by atoms with Crippen molar-refractivity contribution in [2.75, 3.05) is 7.11 Å². The van der Waals surface area contributed by atoms with E-state index >= 15 is 0 Å². The monoisotopic (exact) mass is 324 g/mol. The molecule has 0 spiro atoms. The molecule has 1 heterocycles. The van der Waals surface area contributed by atoms with E-state index in [0.717, 1.165) is 16.9 Å². The molecule has 0 bridgehead atoms. The summed E-state index contributed by atoms with van der Waals surface area (Å²) >= 11 is 0. The molecule has 2 aromatic rings. The Morgan fingerprint density at radius 1 is 1.38 bits per heavy atom. The van der Waals surface area contributed by atoms with Gasteiger partial charge in [0, 0.05) is 25.4 Å². The Balaban J connectivity index is 1.64. The average molecular weight is 324 g/mol. The van der Waals surface area contributed by atoms with E-state index in [4.69, 9.17) is 4.74 Å². The summed E-state index contributed by atoms with van der Waals surface area (Å²) in [4.78, 5) is 16.5. The summed E-state index contributed by atoms with van der Waals surface area (Å²) in [5.41, 5.74) is 3.39. The van der Waals surface area contributed by atoms with Crippen LogP contribution in [0.1, 0.15) is 41.9 Å². The zero-order chi connectivity index (χ0) is 16.9. The number of nitrogens with zero attached hydrogens (tertiary/aromatic N) is 1. The molecule has 4 heteroatoms. The third kappa shape index (κ3) is 4.13. The number of methoxy groups -OCH3 is 1. The lowest BCUT2D eigenvalue weighted by atomic mass is 9.89. The zero-order valence-electron chi connectivity index (χ0n) is 14.3. The Kier molecular flexibility index (Phi) is 5.14. The van der Waals surface area contributed by atoms with Crippen molar-refractivity contribution >= 4 is 5.91 Å². The minimum atomic E-state index is 0.101. The van der Waals surface area contributed by atoms with Gasteiger partial charge < -0.3 is 10.1 Å². The fraction of sp³-hybridized carbons (Fsp3) is 0.400. The standard InChI is InChI=1S/C20H24N2O2/c1-14-10-17(7-8-19(14)24-2)18(16-5-6-16)11-20(23)22-13-15-4-3-9-21-12-15/h3-4,7-10,12,16,18H,5-6,11,13H2,1-2H3,(H,22,23). The van der Waals surface area contributed by atoms with Crippen LogP contribution in [0.3, 0.4) is 0 Å². The van der Waals surface area contributed by atoms with Gasteiger partial charge in [-0.15, -0.1) is 0 Å². The summed E-state index contributed by atoms with van der Waals surface area (Å²) in [6.45, 7) is 2.58. The van der Waals surface area contributed by atoms with Gasteiger partial charge in [-0.1, -0.05) is 18.2 Å². The molecule has 1 aliphatic rings. The maximum absolute atomic E-state index is 12.4. The lowest BCUT2D eigenvalue weighted by molar-refractivity contribution is -0.121. The summed E-state index contributed by atoms with van der Waals surface area (Å²) in [5, 5.41) is 3.02. The molecule has 3 rings (SSSR count). The molecule has 24 heavy (non-hydrogen) atoms. The molecule has 1 amide bonds. The number of nitrogens with one attached hydrogen (secondary N) is 1. The van der Waals surface area contributed by atoms with Crippen LogP contribution in [0.15, 0.2) is 42.7 Å². The number of aryl methyl sites for hydroxylation is 1. The van der Waals surface area contributed by atoms with Crippen molar-refractivity contribution in [3.8, 4) is 5.75 Å². The molecule has 0 saturated heterocycles. The molecular weight excluding hydrogens is 300 g/mol. The quantitative estimate of drug-likeness (QED) is 0.846. The van der Waals surface area contributed by atoms with Crippen molar-refractivity contribution in [2.24, 2.45) is 5.92 Å². The van der Waals surface area contributed by atoms with E-state index in [2.05, 4.69) is 29.4 Å². The van der Waals surface area contributed by atoms with Gasteiger partial charge in [0.15, 0.2) is 0 Å². The predicted octanol–water partition coefficient (Wildman–Crippen LogP) is 3.60. The van der Waals surface area contributed by atoms with E-state index in [1.54, 1.807) is 19.5 Å². The highest BCUT2D eigenvalue weighted by atomic mass is 16.5. The molecule has 1 aliphatic carbocycles. The van der Waals surface area contributed by atoms with Gasteiger partial charge in [-0.2, -0.15) is 0 Å². The molecule has 1 fully saturated rings. The molecule has 1 unspecified atom stereocenters. The summed E-state index contributed by atoms with van der Waals surface area (Å²) in [6.07, 6.45) is 6.49. The van der Waals surface area contributed by atoms with Gasteiger partial charge in [0.25, 0.3) is 0 Å². The molecule has 126 valence electrons. The minimum absolute atomic E-state index is 0.101. The number of carbonyl (C=O) groups excluding carboxylic acids is 1. The van der Waals surface area contributed by atoms with Crippen LogP contribution in [0.5, 0.6) is 5.75 Å². The highest BCUT2D eigenvalue weighted by Gasteiger charge is 2.33. The SMILES string of the molecule is COc1ccc(C(CC(=O)NCc2cccnc2)C2CC2)cc1C. The number of hydrogen-bond donors (Lipinski definition) is 1. The molecule has 1 N–H and O–H groups in total. The van der Waals surface area contributed by atoms with E-state index < -0.39 is 0 Å². The summed E-state index contributed by atoms with van der Waals surface area (Å²) < 4.78 is 5.34. The van der Waals surface area contributed by atoms with Gasteiger partial charge in [0.2, 0.25) is 5.91 Å². The lowest BCUT2D eigenvalue weighted by Crippen LogP contribution is -2.25. The molecule has 1 atom stereocenters. The fourth-order valence-electron chi connectivity index (χ4n) is 3.16. The highest BCUT2D eigenvalue weighted by Crippen LogP contribution is 2.45. The average Bonchev–Trinajstić information content (AvgIpc) is 3.43. The van der Waals surface area contributed by atoms with E-state index in [1.165, 1.54) is 18.4 Å². The van der Waals surface area contributed by atoms with Crippen molar-refractivity contribution in [3.63, 3.8) is 0 Å². The topological polar surface area (TPSA) is 51.2 Å². The normalized spacial score (nSPS) is 14.9. The Morgan fingerprint density at radius 2 is 2.21 bits per heavy atom. The molecule has 1 saturated carbocycles. The van der Waals surface area contributed by atoms with Gasteiger partial charge in [0.05, 0.1) is 7.11 Å². The second kappa shape index (κ2) is 7.47. The van der Waals surface area contributed by atoms with Crippen LogP contribution in [-0.4, -0.2) is 18.0 Å². The maximum Gasteiger partial charge on any atom is 0.220 e. The van der Waals surface area contributed by atoms with E-state index in [1.807, 2.05) is 18.2 Å². The smallest absolute Gasteiger partial charge is 0.220 e. The summed E-state index contributed by atoms with van der Waals surface area (Å²) in [6, 6.07) is 10.1. The van der Waals surface area contributed by atoms with Crippen molar-refractivity contribution in [1.82, 2.24) is 10.3 Å². The molecule has 1 aromatic heterocycles. The number of ether oxygens (including phenoxy) is 1. The zero-order valence-corrected chi connectivity index (χ0v) is 14.3. The van der Waals surface area contributed by atoms with Crippen molar-refractivity contribution in [2.45, 2.75) is 38.6 Å². The first-order valence-electron chi connectivity index (χ1n) is 8.47. The number of aromatic nitrogens is 1. The lowest BCUT2D eigenvalue weighted by Gasteiger charge is -2.18. The first kappa shape index (κ1) is 16.5. The second-order valence-electron chi connectivity index (χ2n) is 6.52. The van der Waals surface area contributed by atoms with Crippen LogP contribution in [0.4, 0.5) is 0 Å². The van der Waals surface area contributed by atoms with E-state index in [0.29, 0.717) is 24.8 Å². The first-order chi connectivity index (χ1) is 11.7. The van der Waals surface area contributed by atoms with Crippen molar-refractivity contribution < 1.29 is 9.53 Å². The number of rotatable bonds is 7. The van der Waals surface area contributed by atoms with Gasteiger partial charge in [-0.25, -0.2) is 0 Å². The van der Waals surface area contributed by atoms with E-state index in [-0.39, 0.29) is 5.91 Å². The molecular formula is C20H24N2O2.